The third kappa shape index (κ3) is 1.78. The van der Waals surface area contributed by atoms with Crippen LogP contribution in [-0.2, 0) is 4.79 Å². The zero-order valence-corrected chi connectivity index (χ0v) is 10.3. The largest absolute Gasteiger partial charge is 0.351 e. The van der Waals surface area contributed by atoms with Crippen molar-refractivity contribution in [3.05, 3.63) is 35.4 Å². The first-order chi connectivity index (χ1) is 8.65. The molecule has 0 spiro atoms. The third-order valence-electron chi connectivity index (χ3n) is 3.81. The van der Waals surface area contributed by atoms with Gasteiger partial charge in [-0.3, -0.25) is 9.59 Å². The van der Waals surface area contributed by atoms with Crippen LogP contribution in [0.2, 0.25) is 0 Å². The summed E-state index contributed by atoms with van der Waals surface area (Å²) in [6, 6.07) is 7.82. The second-order valence-electron chi connectivity index (χ2n) is 5.10. The van der Waals surface area contributed by atoms with Crippen LogP contribution in [0.1, 0.15) is 28.8 Å². The van der Waals surface area contributed by atoms with Gasteiger partial charge in [-0.2, -0.15) is 0 Å². The highest BCUT2D eigenvalue weighted by molar-refractivity contribution is 5.95. The summed E-state index contributed by atoms with van der Waals surface area (Å²) in [4.78, 5) is 25.6. The number of amides is 2. The van der Waals surface area contributed by atoms with E-state index < -0.39 is 0 Å². The molecular weight excluding hydrogens is 228 g/mol. The molecule has 2 atom stereocenters. The monoisotopic (exact) mass is 244 g/mol. The lowest BCUT2D eigenvalue weighted by Crippen LogP contribution is -2.38. The summed E-state index contributed by atoms with van der Waals surface area (Å²) >= 11 is 0. The lowest BCUT2D eigenvalue weighted by molar-refractivity contribution is -0.119. The summed E-state index contributed by atoms with van der Waals surface area (Å²) in [5.74, 6) is 0.106. The van der Waals surface area contributed by atoms with Crippen LogP contribution in [0.25, 0.3) is 0 Å². The first-order valence-electron chi connectivity index (χ1n) is 6.32. The van der Waals surface area contributed by atoms with E-state index in [2.05, 4.69) is 5.32 Å². The second-order valence-corrected chi connectivity index (χ2v) is 5.10. The van der Waals surface area contributed by atoms with E-state index in [9.17, 15) is 9.59 Å². The molecule has 0 bridgehead atoms. The van der Waals surface area contributed by atoms with Gasteiger partial charge in [0.05, 0.1) is 12.1 Å². The van der Waals surface area contributed by atoms with Crippen molar-refractivity contribution < 1.29 is 9.59 Å². The lowest BCUT2D eigenvalue weighted by Gasteiger charge is -2.22. The van der Waals surface area contributed by atoms with Crippen molar-refractivity contribution in [2.75, 3.05) is 6.54 Å². The Balaban J connectivity index is 1.83. The van der Waals surface area contributed by atoms with Crippen molar-refractivity contribution in [2.24, 2.45) is 0 Å². The maximum Gasteiger partial charge on any atom is 0.254 e. The molecule has 0 aliphatic carbocycles. The minimum Gasteiger partial charge on any atom is -0.351 e. The number of rotatable bonds is 1. The molecule has 1 aromatic rings. The number of carbonyl (C=O) groups excluding carboxylic acids is 2. The Morgan fingerprint density at radius 3 is 3.06 bits per heavy atom. The number of nitrogens with zero attached hydrogens (tertiary/aromatic N) is 1. The molecule has 2 aliphatic rings. The molecule has 0 aromatic heterocycles. The molecule has 2 aliphatic heterocycles. The molecule has 1 aromatic carbocycles. The fraction of sp³-hybridized carbons (Fsp3) is 0.429. The molecule has 94 valence electrons. The van der Waals surface area contributed by atoms with Gasteiger partial charge in [-0.25, -0.2) is 0 Å². The van der Waals surface area contributed by atoms with Gasteiger partial charge >= 0.3 is 0 Å². The SMILES string of the molecule is Cc1cccc(C(=O)N2CC[C@@H]3NC(=O)C[C@@H]32)c1. The molecule has 3 rings (SSSR count). The number of hydrogen-bond acceptors (Lipinski definition) is 2. The Kier molecular flexibility index (Phi) is 2.58. The Bertz CT molecular complexity index is 512. The maximum atomic E-state index is 12.4. The first kappa shape index (κ1) is 11.3. The van der Waals surface area contributed by atoms with Crippen molar-refractivity contribution in [1.82, 2.24) is 10.2 Å². The van der Waals surface area contributed by atoms with Gasteiger partial charge in [-0.15, -0.1) is 0 Å². The normalized spacial score (nSPS) is 26.1. The summed E-state index contributed by atoms with van der Waals surface area (Å²) in [6.45, 7) is 2.71. The van der Waals surface area contributed by atoms with Gasteiger partial charge in [-0.1, -0.05) is 17.7 Å². The number of hydrogen-bond donors (Lipinski definition) is 1. The van der Waals surface area contributed by atoms with E-state index in [-0.39, 0.29) is 23.9 Å². The molecule has 1 N–H and O–H groups in total. The quantitative estimate of drug-likeness (QED) is 0.804. The van der Waals surface area contributed by atoms with Crippen molar-refractivity contribution in [3.8, 4) is 0 Å². The molecule has 2 fully saturated rings. The van der Waals surface area contributed by atoms with Crippen molar-refractivity contribution in [2.45, 2.75) is 31.8 Å². The number of aryl methyl sites for hydroxylation is 1. The third-order valence-corrected chi connectivity index (χ3v) is 3.81. The second kappa shape index (κ2) is 4.12. The summed E-state index contributed by atoms with van der Waals surface area (Å²) in [7, 11) is 0. The van der Waals surface area contributed by atoms with Gasteiger partial charge in [0.15, 0.2) is 0 Å². The predicted molar refractivity (Wildman–Crippen MR) is 67.2 cm³/mol. The molecule has 2 amide bonds. The summed E-state index contributed by atoms with van der Waals surface area (Å²) in [6.07, 6.45) is 1.32. The Hall–Kier alpha value is -1.84. The van der Waals surface area contributed by atoms with Gasteiger partial charge in [0.25, 0.3) is 5.91 Å². The van der Waals surface area contributed by atoms with Crippen LogP contribution in [0.4, 0.5) is 0 Å². The highest BCUT2D eigenvalue weighted by atomic mass is 16.2. The molecule has 0 unspecified atom stereocenters. The average Bonchev–Trinajstić information content (AvgIpc) is 2.87. The molecular formula is C14H16N2O2. The van der Waals surface area contributed by atoms with Crippen LogP contribution >= 0.6 is 0 Å². The smallest absolute Gasteiger partial charge is 0.254 e. The van der Waals surface area contributed by atoms with Gasteiger partial charge in [0.1, 0.15) is 0 Å². The molecule has 4 heteroatoms. The van der Waals surface area contributed by atoms with Crippen LogP contribution in [0.3, 0.4) is 0 Å². The van der Waals surface area contributed by atoms with Crippen molar-refractivity contribution in [3.63, 3.8) is 0 Å². The molecule has 18 heavy (non-hydrogen) atoms. The van der Waals surface area contributed by atoms with E-state index in [1.165, 1.54) is 0 Å². The Morgan fingerprint density at radius 1 is 1.44 bits per heavy atom. The van der Waals surface area contributed by atoms with Gasteiger partial charge in [0, 0.05) is 18.5 Å². The number of fused-ring (bicyclic) bond motifs is 1. The summed E-state index contributed by atoms with van der Waals surface area (Å²) in [5.41, 5.74) is 1.80. The van der Waals surface area contributed by atoms with E-state index in [0.29, 0.717) is 6.42 Å². The minimum atomic E-state index is 0.0442. The highest BCUT2D eigenvalue weighted by Gasteiger charge is 2.43. The summed E-state index contributed by atoms with van der Waals surface area (Å²) in [5, 5.41) is 2.93. The van der Waals surface area contributed by atoms with Crippen LogP contribution < -0.4 is 5.32 Å². The lowest BCUT2D eigenvalue weighted by atomic mass is 10.1. The van der Waals surface area contributed by atoms with Crippen LogP contribution in [-0.4, -0.2) is 35.3 Å². The average molecular weight is 244 g/mol. The predicted octanol–water partition coefficient (Wildman–Crippen LogP) is 1.10. The Labute approximate surface area is 106 Å². The van der Waals surface area contributed by atoms with Gasteiger partial charge in [0.2, 0.25) is 5.91 Å². The molecule has 2 heterocycles. The zero-order chi connectivity index (χ0) is 12.7. The first-order valence-corrected chi connectivity index (χ1v) is 6.32. The highest BCUT2D eigenvalue weighted by Crippen LogP contribution is 2.27. The topological polar surface area (TPSA) is 49.4 Å². The van der Waals surface area contributed by atoms with Gasteiger partial charge < -0.3 is 10.2 Å². The molecule has 2 saturated heterocycles. The van der Waals surface area contributed by atoms with Crippen molar-refractivity contribution >= 4 is 11.8 Å². The van der Waals surface area contributed by atoms with Gasteiger partial charge in [-0.05, 0) is 25.5 Å². The van der Waals surface area contributed by atoms with Crippen molar-refractivity contribution in [1.29, 1.82) is 0 Å². The van der Waals surface area contributed by atoms with E-state index in [4.69, 9.17) is 0 Å². The fourth-order valence-corrected chi connectivity index (χ4v) is 2.93. The van der Waals surface area contributed by atoms with Crippen LogP contribution in [0.15, 0.2) is 24.3 Å². The number of carbonyl (C=O) groups is 2. The minimum absolute atomic E-state index is 0.0442. The molecule has 4 nitrogen and oxygen atoms in total. The van der Waals surface area contributed by atoms with E-state index >= 15 is 0 Å². The van der Waals surface area contributed by atoms with E-state index in [0.717, 1.165) is 24.1 Å². The number of likely N-dealkylation sites (tertiary alicyclic amines) is 1. The standard InChI is InChI=1S/C14H16N2O2/c1-9-3-2-4-10(7-9)14(18)16-6-5-11-12(16)8-13(17)15-11/h2-4,7,11-12H,5-6,8H2,1H3,(H,15,17)/t11-,12-/m0/s1. The number of benzene rings is 1. The maximum absolute atomic E-state index is 12.4. The van der Waals surface area contributed by atoms with Crippen LogP contribution in [0.5, 0.6) is 0 Å². The summed E-state index contributed by atoms with van der Waals surface area (Å²) < 4.78 is 0. The molecule has 0 radical (unpaired) electrons. The molecule has 0 saturated carbocycles. The van der Waals surface area contributed by atoms with E-state index in [1.54, 1.807) is 0 Å². The Morgan fingerprint density at radius 2 is 2.28 bits per heavy atom. The number of nitrogens with one attached hydrogen (secondary N) is 1. The van der Waals surface area contributed by atoms with Crippen LogP contribution in [0, 0.1) is 6.92 Å². The zero-order valence-electron chi connectivity index (χ0n) is 10.3. The van der Waals surface area contributed by atoms with E-state index in [1.807, 2.05) is 36.1 Å². The fourth-order valence-electron chi connectivity index (χ4n) is 2.93.